The summed E-state index contributed by atoms with van der Waals surface area (Å²) in [5, 5.41) is 15.5. The van der Waals surface area contributed by atoms with Crippen LogP contribution in [-0.2, 0) is 14.8 Å². The van der Waals surface area contributed by atoms with Gasteiger partial charge >= 0.3 is 0 Å². The van der Waals surface area contributed by atoms with Crippen molar-refractivity contribution < 1.29 is 17.7 Å². The zero-order valence-electron chi connectivity index (χ0n) is 14.8. The first-order valence-electron chi connectivity index (χ1n) is 8.35. The molecule has 0 spiro atoms. The molecule has 0 bridgehead atoms. The van der Waals surface area contributed by atoms with Gasteiger partial charge in [0, 0.05) is 32.2 Å². The highest BCUT2D eigenvalue weighted by Gasteiger charge is 2.30. The first kappa shape index (κ1) is 19.0. The van der Waals surface area contributed by atoms with E-state index < -0.39 is 10.0 Å². The van der Waals surface area contributed by atoms with E-state index in [1.165, 1.54) is 16.4 Å². The van der Waals surface area contributed by atoms with Crippen LogP contribution in [0, 0.1) is 18.3 Å². The molecular formula is C17H19N5O4S. The van der Waals surface area contributed by atoms with Crippen molar-refractivity contribution in [2.45, 2.75) is 11.8 Å². The van der Waals surface area contributed by atoms with Crippen LogP contribution < -0.4 is 5.32 Å². The third kappa shape index (κ3) is 4.33. The molecule has 1 aromatic carbocycles. The first-order chi connectivity index (χ1) is 12.9. The van der Waals surface area contributed by atoms with E-state index in [2.05, 4.69) is 10.5 Å². The standard InChI is InChI=1S/C17H19N5O4S/c1-13-10-16(20-26-13)19-17(23)12-21-6-8-22(9-7-21)27(24,25)15-5-3-2-4-14(15)11-18/h2-5,10H,6-9,12H2,1H3,(H,19,20,23). The summed E-state index contributed by atoms with van der Waals surface area (Å²) in [6.07, 6.45) is 0. The van der Waals surface area contributed by atoms with Gasteiger partial charge in [-0.25, -0.2) is 8.42 Å². The average molecular weight is 389 g/mol. The maximum absolute atomic E-state index is 12.8. The topological polar surface area (TPSA) is 120 Å². The number of anilines is 1. The van der Waals surface area contributed by atoms with E-state index in [0.717, 1.165) is 0 Å². The Kier molecular flexibility index (Phi) is 5.55. The molecule has 1 fully saturated rings. The molecule has 9 nitrogen and oxygen atoms in total. The lowest BCUT2D eigenvalue weighted by molar-refractivity contribution is -0.117. The third-order valence-corrected chi connectivity index (χ3v) is 6.18. The minimum absolute atomic E-state index is 0.0140. The molecule has 142 valence electrons. The molecule has 1 saturated heterocycles. The number of hydrogen-bond donors (Lipinski definition) is 1. The number of carbonyl (C=O) groups excluding carboxylic acids is 1. The van der Waals surface area contributed by atoms with Crippen LogP contribution >= 0.6 is 0 Å². The van der Waals surface area contributed by atoms with E-state index in [1.807, 2.05) is 11.0 Å². The number of nitriles is 1. The van der Waals surface area contributed by atoms with Crippen molar-refractivity contribution in [3.63, 3.8) is 0 Å². The number of hydrogen-bond acceptors (Lipinski definition) is 7. The highest BCUT2D eigenvalue weighted by Crippen LogP contribution is 2.21. The van der Waals surface area contributed by atoms with Crippen molar-refractivity contribution >= 4 is 21.7 Å². The van der Waals surface area contributed by atoms with E-state index in [1.54, 1.807) is 25.1 Å². The second-order valence-corrected chi connectivity index (χ2v) is 8.07. The molecule has 0 saturated carbocycles. The van der Waals surface area contributed by atoms with Crippen molar-refractivity contribution in [1.82, 2.24) is 14.4 Å². The van der Waals surface area contributed by atoms with Gasteiger partial charge in [-0.1, -0.05) is 17.3 Å². The number of nitrogens with zero attached hydrogens (tertiary/aromatic N) is 4. The SMILES string of the molecule is Cc1cc(NC(=O)CN2CCN(S(=O)(=O)c3ccccc3C#N)CC2)no1. The number of rotatable bonds is 5. The normalized spacial score (nSPS) is 16.0. The van der Waals surface area contributed by atoms with Gasteiger partial charge in [0.05, 0.1) is 17.0 Å². The van der Waals surface area contributed by atoms with E-state index in [9.17, 15) is 13.2 Å². The number of carbonyl (C=O) groups is 1. The summed E-state index contributed by atoms with van der Waals surface area (Å²) in [4.78, 5) is 14.0. The Labute approximate surface area is 157 Å². The number of amides is 1. The van der Waals surface area contributed by atoms with Gasteiger partial charge in [0.2, 0.25) is 15.9 Å². The summed E-state index contributed by atoms with van der Waals surface area (Å²) in [5.74, 6) is 0.711. The molecule has 1 aromatic heterocycles. The Morgan fingerprint density at radius 2 is 2.00 bits per heavy atom. The number of aryl methyl sites for hydroxylation is 1. The molecule has 1 N–H and O–H groups in total. The second kappa shape index (κ2) is 7.87. The Hall–Kier alpha value is -2.74. The van der Waals surface area contributed by atoms with Crippen molar-refractivity contribution in [1.29, 1.82) is 5.26 Å². The fourth-order valence-corrected chi connectivity index (χ4v) is 4.43. The molecule has 2 heterocycles. The molecule has 1 amide bonds. The molecule has 2 aromatic rings. The fraction of sp³-hybridized carbons (Fsp3) is 0.353. The highest BCUT2D eigenvalue weighted by molar-refractivity contribution is 7.89. The molecule has 10 heteroatoms. The second-order valence-electron chi connectivity index (χ2n) is 6.16. The van der Waals surface area contributed by atoms with E-state index in [-0.39, 0.29) is 36.0 Å². The predicted molar refractivity (Wildman–Crippen MR) is 96.2 cm³/mol. The number of piperazine rings is 1. The highest BCUT2D eigenvalue weighted by atomic mass is 32.2. The predicted octanol–water partition coefficient (Wildman–Crippen LogP) is 0.800. The molecular weight excluding hydrogens is 370 g/mol. The van der Waals surface area contributed by atoms with Crippen molar-refractivity contribution in [3.05, 3.63) is 41.7 Å². The zero-order chi connectivity index (χ0) is 19.4. The Balaban J connectivity index is 1.58. The Bertz CT molecular complexity index is 971. The molecule has 3 rings (SSSR count). The van der Waals surface area contributed by atoms with Crippen molar-refractivity contribution in [2.75, 3.05) is 38.0 Å². The van der Waals surface area contributed by atoms with Gasteiger partial charge in [0.15, 0.2) is 5.82 Å². The summed E-state index contributed by atoms with van der Waals surface area (Å²) in [6, 6.07) is 9.69. The molecule has 1 aliphatic heterocycles. The van der Waals surface area contributed by atoms with Crippen LogP contribution in [0.15, 0.2) is 39.8 Å². The van der Waals surface area contributed by atoms with Gasteiger partial charge in [-0.05, 0) is 19.1 Å². The van der Waals surface area contributed by atoms with Crippen LogP contribution in [0.3, 0.4) is 0 Å². The molecule has 27 heavy (non-hydrogen) atoms. The molecule has 1 aliphatic rings. The maximum atomic E-state index is 12.8. The molecule has 0 atom stereocenters. The Morgan fingerprint density at radius 1 is 1.30 bits per heavy atom. The smallest absolute Gasteiger partial charge is 0.244 e. The van der Waals surface area contributed by atoms with Gasteiger partial charge in [0.25, 0.3) is 0 Å². The zero-order valence-corrected chi connectivity index (χ0v) is 15.6. The number of aromatic nitrogens is 1. The van der Waals surface area contributed by atoms with Gasteiger partial charge in [-0.3, -0.25) is 9.69 Å². The van der Waals surface area contributed by atoms with Crippen molar-refractivity contribution in [2.24, 2.45) is 0 Å². The van der Waals surface area contributed by atoms with Crippen LogP contribution in [0.2, 0.25) is 0 Å². The van der Waals surface area contributed by atoms with Gasteiger partial charge in [0.1, 0.15) is 11.8 Å². The van der Waals surface area contributed by atoms with Crippen LogP contribution in [0.5, 0.6) is 0 Å². The lowest BCUT2D eigenvalue weighted by atomic mass is 10.2. The van der Waals surface area contributed by atoms with E-state index in [0.29, 0.717) is 24.7 Å². The monoisotopic (exact) mass is 389 g/mol. The van der Waals surface area contributed by atoms with Gasteiger partial charge < -0.3 is 9.84 Å². The number of nitrogens with one attached hydrogen (secondary N) is 1. The number of sulfonamides is 1. The fourth-order valence-electron chi connectivity index (χ4n) is 2.86. The summed E-state index contributed by atoms with van der Waals surface area (Å²) in [5.41, 5.74) is 0.127. The quantitative estimate of drug-likeness (QED) is 0.803. The minimum Gasteiger partial charge on any atom is -0.360 e. The maximum Gasteiger partial charge on any atom is 0.244 e. The summed E-state index contributed by atoms with van der Waals surface area (Å²) < 4.78 is 31.8. The summed E-state index contributed by atoms with van der Waals surface area (Å²) in [6.45, 7) is 3.19. The van der Waals surface area contributed by atoms with Crippen LogP contribution in [0.4, 0.5) is 5.82 Å². The third-order valence-electron chi connectivity index (χ3n) is 4.22. The Morgan fingerprint density at radius 3 is 2.63 bits per heavy atom. The number of benzene rings is 1. The van der Waals surface area contributed by atoms with Crippen LogP contribution in [-0.4, -0.2) is 61.4 Å². The molecule has 0 unspecified atom stereocenters. The summed E-state index contributed by atoms with van der Waals surface area (Å²) in [7, 11) is -3.74. The minimum atomic E-state index is -3.74. The first-order valence-corrected chi connectivity index (χ1v) is 9.79. The largest absolute Gasteiger partial charge is 0.360 e. The van der Waals surface area contributed by atoms with E-state index in [4.69, 9.17) is 9.78 Å². The lowest BCUT2D eigenvalue weighted by Crippen LogP contribution is -2.50. The van der Waals surface area contributed by atoms with Crippen LogP contribution in [0.1, 0.15) is 11.3 Å². The van der Waals surface area contributed by atoms with Crippen LogP contribution in [0.25, 0.3) is 0 Å². The van der Waals surface area contributed by atoms with Gasteiger partial charge in [-0.15, -0.1) is 0 Å². The average Bonchev–Trinajstić information content (AvgIpc) is 3.06. The lowest BCUT2D eigenvalue weighted by Gasteiger charge is -2.33. The van der Waals surface area contributed by atoms with E-state index >= 15 is 0 Å². The molecule has 0 aliphatic carbocycles. The summed E-state index contributed by atoms with van der Waals surface area (Å²) >= 11 is 0. The van der Waals surface area contributed by atoms with Crippen molar-refractivity contribution in [3.8, 4) is 6.07 Å². The van der Waals surface area contributed by atoms with Gasteiger partial charge in [-0.2, -0.15) is 9.57 Å². The molecule has 0 radical (unpaired) electrons.